The van der Waals surface area contributed by atoms with E-state index in [-0.39, 0.29) is 10.9 Å². The third-order valence-electron chi connectivity index (χ3n) is 3.31. The summed E-state index contributed by atoms with van der Waals surface area (Å²) in [6.45, 7) is 5.44. The highest BCUT2D eigenvalue weighted by Crippen LogP contribution is 2.15. The van der Waals surface area contributed by atoms with Gasteiger partial charge in [-0.05, 0) is 31.5 Å². The Morgan fingerprint density at radius 2 is 2.00 bits per heavy atom. The van der Waals surface area contributed by atoms with Gasteiger partial charge in [0.1, 0.15) is 12.2 Å². The van der Waals surface area contributed by atoms with Gasteiger partial charge in [0, 0.05) is 12.6 Å². The highest BCUT2D eigenvalue weighted by molar-refractivity contribution is 7.89. The molecule has 21 heavy (non-hydrogen) atoms. The summed E-state index contributed by atoms with van der Waals surface area (Å²) in [6.07, 6.45) is 1.70. The Balaban J connectivity index is 2.02. The van der Waals surface area contributed by atoms with Gasteiger partial charge in [-0.15, -0.1) is 10.2 Å². The Labute approximate surface area is 124 Å². The number of primary sulfonamides is 1. The molecule has 0 fully saturated rings. The lowest BCUT2D eigenvalue weighted by atomic mass is 10.1. The van der Waals surface area contributed by atoms with Crippen molar-refractivity contribution < 1.29 is 8.42 Å². The Hall–Kier alpha value is -1.77. The van der Waals surface area contributed by atoms with Crippen LogP contribution in [0.5, 0.6) is 0 Å². The van der Waals surface area contributed by atoms with Crippen LogP contribution in [0.15, 0.2) is 35.5 Å². The molecule has 0 aliphatic rings. The van der Waals surface area contributed by atoms with Crippen LogP contribution in [-0.4, -0.2) is 23.2 Å². The highest BCUT2D eigenvalue weighted by atomic mass is 32.2. The maximum atomic E-state index is 11.2. The standard InChI is InChI=1S/C13H19N5O2S/c1-3-18-9-16-17-13(18)8-15-10(2)11-4-6-12(7-5-11)21(14,19)20/h4-7,9-10,15H,3,8H2,1-2H3,(H2,14,19,20). The largest absolute Gasteiger partial charge is 0.317 e. The number of aryl methyl sites for hydroxylation is 1. The Morgan fingerprint density at radius 1 is 1.33 bits per heavy atom. The second-order valence-corrected chi connectivity index (χ2v) is 6.31. The molecule has 114 valence electrons. The van der Waals surface area contributed by atoms with Gasteiger partial charge in [0.05, 0.1) is 11.4 Å². The quantitative estimate of drug-likeness (QED) is 0.821. The van der Waals surface area contributed by atoms with E-state index in [1.54, 1.807) is 18.5 Å². The van der Waals surface area contributed by atoms with Gasteiger partial charge in [-0.25, -0.2) is 13.6 Å². The summed E-state index contributed by atoms with van der Waals surface area (Å²) in [7, 11) is -3.64. The topological polar surface area (TPSA) is 103 Å². The Bertz CT molecular complexity index is 694. The molecule has 1 unspecified atom stereocenters. The fourth-order valence-electron chi connectivity index (χ4n) is 1.99. The molecule has 1 atom stereocenters. The van der Waals surface area contributed by atoms with E-state index in [4.69, 9.17) is 5.14 Å². The first-order chi connectivity index (χ1) is 9.91. The SMILES string of the molecule is CCn1cnnc1CNC(C)c1ccc(S(N)(=O)=O)cc1. The number of hydrogen-bond acceptors (Lipinski definition) is 5. The van der Waals surface area contributed by atoms with Crippen molar-refractivity contribution >= 4 is 10.0 Å². The first kappa shape index (κ1) is 15.6. The van der Waals surface area contributed by atoms with Crippen molar-refractivity contribution in [2.45, 2.75) is 37.9 Å². The molecule has 0 saturated heterocycles. The van der Waals surface area contributed by atoms with Gasteiger partial charge in [-0.3, -0.25) is 0 Å². The average Bonchev–Trinajstić information content (AvgIpc) is 2.91. The van der Waals surface area contributed by atoms with Crippen LogP contribution in [0.3, 0.4) is 0 Å². The van der Waals surface area contributed by atoms with Crippen molar-refractivity contribution in [2.75, 3.05) is 0 Å². The number of nitrogens with zero attached hydrogens (tertiary/aromatic N) is 3. The smallest absolute Gasteiger partial charge is 0.238 e. The van der Waals surface area contributed by atoms with Gasteiger partial charge in [0.15, 0.2) is 0 Å². The van der Waals surface area contributed by atoms with Crippen molar-refractivity contribution in [1.82, 2.24) is 20.1 Å². The number of nitrogens with two attached hydrogens (primary N) is 1. The van der Waals surface area contributed by atoms with Crippen LogP contribution >= 0.6 is 0 Å². The minimum atomic E-state index is -3.64. The molecule has 1 aromatic carbocycles. The second-order valence-electron chi connectivity index (χ2n) is 4.75. The summed E-state index contributed by atoms with van der Waals surface area (Å²) >= 11 is 0. The van der Waals surface area contributed by atoms with Gasteiger partial charge in [-0.2, -0.15) is 0 Å². The number of rotatable bonds is 6. The molecule has 2 aromatic rings. The van der Waals surface area contributed by atoms with Crippen LogP contribution in [0, 0.1) is 0 Å². The molecule has 0 spiro atoms. The third kappa shape index (κ3) is 3.87. The summed E-state index contributed by atoms with van der Waals surface area (Å²) < 4.78 is 24.4. The third-order valence-corrected chi connectivity index (χ3v) is 4.24. The molecule has 0 saturated carbocycles. The van der Waals surface area contributed by atoms with E-state index in [2.05, 4.69) is 15.5 Å². The monoisotopic (exact) mass is 309 g/mol. The number of nitrogens with one attached hydrogen (secondary N) is 1. The molecule has 1 heterocycles. The number of aromatic nitrogens is 3. The van der Waals surface area contributed by atoms with Crippen molar-refractivity contribution in [3.05, 3.63) is 42.0 Å². The lowest BCUT2D eigenvalue weighted by molar-refractivity contribution is 0.539. The van der Waals surface area contributed by atoms with Crippen molar-refractivity contribution in [2.24, 2.45) is 5.14 Å². The lowest BCUT2D eigenvalue weighted by Gasteiger charge is -2.14. The summed E-state index contributed by atoms with van der Waals surface area (Å²) in [5.74, 6) is 0.866. The van der Waals surface area contributed by atoms with Gasteiger partial charge in [0.2, 0.25) is 10.0 Å². The number of sulfonamides is 1. The molecule has 2 rings (SSSR count). The number of benzene rings is 1. The normalized spacial score (nSPS) is 13.3. The Kier molecular flexibility index (Phi) is 4.71. The minimum absolute atomic E-state index is 0.0570. The maximum absolute atomic E-state index is 11.2. The summed E-state index contributed by atoms with van der Waals surface area (Å²) in [5.41, 5.74) is 0.977. The molecule has 1 aromatic heterocycles. The van der Waals surface area contributed by atoms with E-state index in [1.807, 2.05) is 18.4 Å². The van der Waals surface area contributed by atoms with E-state index in [0.29, 0.717) is 6.54 Å². The molecule has 0 aliphatic carbocycles. The second kappa shape index (κ2) is 6.33. The molecule has 0 bridgehead atoms. The number of hydrogen-bond donors (Lipinski definition) is 2. The summed E-state index contributed by atoms with van der Waals surface area (Å²) in [6, 6.07) is 6.58. The first-order valence-corrected chi connectivity index (χ1v) is 8.19. The van der Waals surface area contributed by atoms with E-state index in [9.17, 15) is 8.42 Å². The van der Waals surface area contributed by atoms with Crippen LogP contribution in [-0.2, 0) is 23.1 Å². The zero-order valence-electron chi connectivity index (χ0n) is 12.0. The van der Waals surface area contributed by atoms with E-state index in [0.717, 1.165) is 17.9 Å². The molecule has 0 radical (unpaired) electrons. The average molecular weight is 309 g/mol. The van der Waals surface area contributed by atoms with E-state index < -0.39 is 10.0 Å². The predicted molar refractivity (Wildman–Crippen MR) is 78.8 cm³/mol. The van der Waals surface area contributed by atoms with Crippen molar-refractivity contribution in [3.63, 3.8) is 0 Å². The molecule has 0 aliphatic heterocycles. The minimum Gasteiger partial charge on any atom is -0.317 e. The molecular weight excluding hydrogens is 290 g/mol. The first-order valence-electron chi connectivity index (χ1n) is 6.64. The van der Waals surface area contributed by atoms with Gasteiger partial charge in [-0.1, -0.05) is 12.1 Å². The van der Waals surface area contributed by atoms with Crippen LogP contribution < -0.4 is 10.5 Å². The van der Waals surface area contributed by atoms with Crippen LogP contribution in [0.4, 0.5) is 0 Å². The van der Waals surface area contributed by atoms with E-state index >= 15 is 0 Å². The molecule has 3 N–H and O–H groups in total. The zero-order valence-corrected chi connectivity index (χ0v) is 12.8. The maximum Gasteiger partial charge on any atom is 0.238 e. The lowest BCUT2D eigenvalue weighted by Crippen LogP contribution is -2.21. The van der Waals surface area contributed by atoms with Crippen LogP contribution in [0.2, 0.25) is 0 Å². The molecule has 8 heteroatoms. The fourth-order valence-corrected chi connectivity index (χ4v) is 2.50. The molecule has 0 amide bonds. The van der Waals surface area contributed by atoms with Crippen LogP contribution in [0.25, 0.3) is 0 Å². The Morgan fingerprint density at radius 3 is 2.57 bits per heavy atom. The van der Waals surface area contributed by atoms with Crippen LogP contribution in [0.1, 0.15) is 31.3 Å². The van der Waals surface area contributed by atoms with Crippen molar-refractivity contribution in [1.29, 1.82) is 0 Å². The zero-order chi connectivity index (χ0) is 15.5. The molecule has 7 nitrogen and oxygen atoms in total. The summed E-state index contributed by atoms with van der Waals surface area (Å²) in [4.78, 5) is 0.115. The predicted octanol–water partition coefficient (Wildman–Crippen LogP) is 0.796. The van der Waals surface area contributed by atoms with Gasteiger partial charge in [0.25, 0.3) is 0 Å². The van der Waals surface area contributed by atoms with Crippen molar-refractivity contribution in [3.8, 4) is 0 Å². The molecular formula is C13H19N5O2S. The van der Waals surface area contributed by atoms with Gasteiger partial charge < -0.3 is 9.88 Å². The highest BCUT2D eigenvalue weighted by Gasteiger charge is 2.11. The van der Waals surface area contributed by atoms with Gasteiger partial charge >= 0.3 is 0 Å². The fraction of sp³-hybridized carbons (Fsp3) is 0.385. The van der Waals surface area contributed by atoms with E-state index in [1.165, 1.54) is 12.1 Å². The summed E-state index contributed by atoms with van der Waals surface area (Å²) in [5, 5.41) is 16.3.